The van der Waals surface area contributed by atoms with E-state index in [2.05, 4.69) is 41.4 Å². The average molecular weight is 302 g/mol. The molecule has 0 aliphatic carbocycles. The third kappa shape index (κ3) is 2.11. The maximum Gasteiger partial charge on any atom is 0.231 e. The Hall–Kier alpha value is -1.00. The van der Waals surface area contributed by atoms with Crippen LogP contribution in [0.15, 0.2) is 29.2 Å². The minimum absolute atomic E-state index is 0.0760. The summed E-state index contributed by atoms with van der Waals surface area (Å²) in [6.07, 6.45) is 1.08. The monoisotopic (exact) mass is 302 g/mol. The number of thioether (sulfide) groups is 1. The van der Waals surface area contributed by atoms with Crippen LogP contribution >= 0.6 is 11.8 Å². The number of rotatable bonds is 2. The Balaban J connectivity index is 1.58. The lowest BCUT2D eigenvalue weighted by Gasteiger charge is -2.29. The predicted molar refractivity (Wildman–Crippen MR) is 85.5 cm³/mol. The normalized spacial score (nSPS) is 34.0. The lowest BCUT2D eigenvalue weighted by molar-refractivity contribution is -0.133. The smallest absolute Gasteiger partial charge is 0.231 e. The molecule has 1 N–H and O–H groups in total. The zero-order valence-corrected chi connectivity index (χ0v) is 13.2. The van der Waals surface area contributed by atoms with Crippen LogP contribution in [0.5, 0.6) is 0 Å². The molecule has 0 aromatic heterocycles. The van der Waals surface area contributed by atoms with Crippen molar-refractivity contribution in [3.63, 3.8) is 0 Å². The predicted octanol–water partition coefficient (Wildman–Crippen LogP) is 2.33. The minimum Gasteiger partial charge on any atom is -0.338 e. The number of hydrogen-bond acceptors (Lipinski definition) is 3. The lowest BCUT2D eigenvalue weighted by Crippen LogP contribution is -2.42. The number of benzene rings is 1. The van der Waals surface area contributed by atoms with Gasteiger partial charge in [0.1, 0.15) is 0 Å². The molecule has 4 heteroatoms. The summed E-state index contributed by atoms with van der Waals surface area (Å²) < 4.78 is 0. The standard InChI is InChI=1S/C17H22N2OS/c1-2-15-13-8-18-7-11(13)9-19(15)17(20)14-10-21-16-6-4-3-5-12(14)16/h3-6,11,13-15,18H,2,7-10H2,1H3. The maximum absolute atomic E-state index is 13.1. The molecule has 3 aliphatic rings. The summed E-state index contributed by atoms with van der Waals surface area (Å²) in [5.41, 5.74) is 1.25. The van der Waals surface area contributed by atoms with Gasteiger partial charge in [-0.25, -0.2) is 0 Å². The van der Waals surface area contributed by atoms with Gasteiger partial charge in [0.2, 0.25) is 5.91 Å². The number of hydrogen-bond donors (Lipinski definition) is 1. The Labute approximate surface area is 130 Å². The molecule has 0 spiro atoms. The van der Waals surface area contributed by atoms with Crippen LogP contribution in [0, 0.1) is 11.8 Å². The molecule has 0 bridgehead atoms. The summed E-state index contributed by atoms with van der Waals surface area (Å²) in [5.74, 6) is 2.70. The lowest BCUT2D eigenvalue weighted by atomic mass is 9.92. The van der Waals surface area contributed by atoms with Crippen molar-refractivity contribution in [2.45, 2.75) is 30.2 Å². The molecule has 21 heavy (non-hydrogen) atoms. The summed E-state index contributed by atoms with van der Waals surface area (Å²) in [6.45, 7) is 5.35. The molecule has 3 aliphatic heterocycles. The summed E-state index contributed by atoms with van der Waals surface area (Å²) in [5, 5.41) is 3.49. The highest BCUT2D eigenvalue weighted by atomic mass is 32.2. The molecular weight excluding hydrogens is 280 g/mol. The van der Waals surface area contributed by atoms with Crippen LogP contribution in [0.25, 0.3) is 0 Å². The van der Waals surface area contributed by atoms with Crippen LogP contribution in [-0.4, -0.2) is 42.2 Å². The van der Waals surface area contributed by atoms with Crippen molar-refractivity contribution in [2.24, 2.45) is 11.8 Å². The molecule has 4 atom stereocenters. The van der Waals surface area contributed by atoms with Crippen LogP contribution in [-0.2, 0) is 4.79 Å². The zero-order valence-electron chi connectivity index (χ0n) is 12.4. The Morgan fingerprint density at radius 1 is 1.38 bits per heavy atom. The molecule has 2 fully saturated rings. The van der Waals surface area contributed by atoms with Gasteiger partial charge in [-0.1, -0.05) is 25.1 Å². The molecule has 0 saturated carbocycles. The molecule has 3 heterocycles. The number of likely N-dealkylation sites (tertiary alicyclic amines) is 1. The van der Waals surface area contributed by atoms with Crippen molar-refractivity contribution >= 4 is 17.7 Å². The second kappa shape index (κ2) is 5.33. The first-order valence-electron chi connectivity index (χ1n) is 8.02. The first kappa shape index (κ1) is 13.6. The van der Waals surface area contributed by atoms with E-state index >= 15 is 0 Å². The molecule has 1 aromatic carbocycles. The molecule has 2 saturated heterocycles. The Bertz CT molecular complexity index is 561. The van der Waals surface area contributed by atoms with Crippen molar-refractivity contribution in [2.75, 3.05) is 25.4 Å². The third-order valence-electron chi connectivity index (χ3n) is 5.42. The van der Waals surface area contributed by atoms with Gasteiger partial charge in [-0.15, -0.1) is 11.8 Å². The number of fused-ring (bicyclic) bond motifs is 2. The molecular formula is C17H22N2OS. The van der Waals surface area contributed by atoms with Crippen LogP contribution in [0.2, 0.25) is 0 Å². The van der Waals surface area contributed by atoms with Crippen molar-refractivity contribution in [1.29, 1.82) is 0 Å². The van der Waals surface area contributed by atoms with Crippen LogP contribution in [0.3, 0.4) is 0 Å². The maximum atomic E-state index is 13.1. The molecule has 1 amide bonds. The van der Waals surface area contributed by atoms with Gasteiger partial charge in [0.15, 0.2) is 0 Å². The Kier molecular flexibility index (Phi) is 3.46. The summed E-state index contributed by atoms with van der Waals surface area (Å²) in [7, 11) is 0. The van der Waals surface area contributed by atoms with Gasteiger partial charge in [0, 0.05) is 36.3 Å². The fourth-order valence-electron chi connectivity index (χ4n) is 4.37. The van der Waals surface area contributed by atoms with E-state index in [-0.39, 0.29) is 5.92 Å². The van der Waals surface area contributed by atoms with E-state index < -0.39 is 0 Å². The average Bonchev–Trinajstić information content (AvgIpc) is 3.19. The Morgan fingerprint density at radius 2 is 2.24 bits per heavy atom. The van der Waals surface area contributed by atoms with E-state index in [1.165, 1.54) is 10.5 Å². The van der Waals surface area contributed by atoms with Gasteiger partial charge in [-0.05, 0) is 29.9 Å². The molecule has 1 aromatic rings. The largest absolute Gasteiger partial charge is 0.338 e. The fourth-order valence-corrected chi connectivity index (χ4v) is 5.59. The molecule has 0 radical (unpaired) electrons. The van der Waals surface area contributed by atoms with E-state index in [9.17, 15) is 4.79 Å². The van der Waals surface area contributed by atoms with E-state index in [4.69, 9.17) is 0 Å². The highest BCUT2D eigenvalue weighted by Crippen LogP contribution is 2.43. The van der Waals surface area contributed by atoms with Crippen molar-refractivity contribution in [3.8, 4) is 0 Å². The van der Waals surface area contributed by atoms with E-state index in [1.807, 2.05) is 11.8 Å². The second-order valence-corrected chi connectivity index (χ2v) is 7.51. The SMILES string of the molecule is CCC1C2CNCC2CN1C(=O)C1CSc2ccccc21. The van der Waals surface area contributed by atoms with Gasteiger partial charge in [-0.2, -0.15) is 0 Å². The first-order chi connectivity index (χ1) is 10.3. The summed E-state index contributed by atoms with van der Waals surface area (Å²) in [4.78, 5) is 16.6. The highest BCUT2D eigenvalue weighted by Gasteiger charge is 2.47. The van der Waals surface area contributed by atoms with Crippen LogP contribution in [0.1, 0.15) is 24.8 Å². The van der Waals surface area contributed by atoms with Crippen molar-refractivity contribution in [3.05, 3.63) is 29.8 Å². The minimum atomic E-state index is 0.0760. The van der Waals surface area contributed by atoms with Crippen molar-refractivity contribution in [1.82, 2.24) is 10.2 Å². The zero-order chi connectivity index (χ0) is 14.4. The van der Waals surface area contributed by atoms with Crippen molar-refractivity contribution < 1.29 is 4.79 Å². The number of carbonyl (C=O) groups is 1. The first-order valence-corrected chi connectivity index (χ1v) is 9.01. The van der Waals surface area contributed by atoms with E-state index in [1.54, 1.807) is 0 Å². The van der Waals surface area contributed by atoms with Gasteiger partial charge in [0.05, 0.1) is 5.92 Å². The van der Waals surface area contributed by atoms with E-state index in [0.29, 0.717) is 23.8 Å². The number of nitrogens with one attached hydrogen (secondary N) is 1. The topological polar surface area (TPSA) is 32.3 Å². The molecule has 4 unspecified atom stereocenters. The van der Waals surface area contributed by atoms with E-state index in [0.717, 1.165) is 31.8 Å². The summed E-state index contributed by atoms with van der Waals surface area (Å²) in [6, 6.07) is 8.85. The highest BCUT2D eigenvalue weighted by molar-refractivity contribution is 7.99. The van der Waals surface area contributed by atoms with Gasteiger partial charge < -0.3 is 10.2 Å². The van der Waals surface area contributed by atoms with Gasteiger partial charge in [0.25, 0.3) is 0 Å². The molecule has 112 valence electrons. The summed E-state index contributed by atoms with van der Waals surface area (Å²) >= 11 is 1.83. The fraction of sp³-hybridized carbons (Fsp3) is 0.588. The number of amides is 1. The Morgan fingerprint density at radius 3 is 3.10 bits per heavy atom. The van der Waals surface area contributed by atoms with Gasteiger partial charge in [-0.3, -0.25) is 4.79 Å². The second-order valence-electron chi connectivity index (χ2n) is 6.45. The van der Waals surface area contributed by atoms with Gasteiger partial charge >= 0.3 is 0 Å². The molecule has 4 rings (SSSR count). The van der Waals surface area contributed by atoms with Crippen LogP contribution in [0.4, 0.5) is 0 Å². The number of nitrogens with zero attached hydrogens (tertiary/aromatic N) is 1. The number of carbonyl (C=O) groups excluding carboxylic acids is 1. The molecule has 3 nitrogen and oxygen atoms in total. The van der Waals surface area contributed by atoms with Crippen LogP contribution < -0.4 is 5.32 Å². The quantitative estimate of drug-likeness (QED) is 0.910. The third-order valence-corrected chi connectivity index (χ3v) is 6.60.